The number of nitrogens with zero attached hydrogens (tertiary/aromatic N) is 1. The lowest BCUT2D eigenvalue weighted by atomic mass is 9.97. The molecule has 3 saturated heterocycles. The minimum absolute atomic E-state index is 0.123. The first-order chi connectivity index (χ1) is 12.2. The third kappa shape index (κ3) is 3.19. The number of esters is 1. The Morgan fingerprint density at radius 1 is 1.20 bits per heavy atom. The van der Waals surface area contributed by atoms with Crippen LogP contribution in [0.4, 0.5) is 0 Å². The third-order valence-corrected chi connectivity index (χ3v) is 5.71. The summed E-state index contributed by atoms with van der Waals surface area (Å²) >= 11 is 0. The Labute approximate surface area is 147 Å². The molecule has 5 atom stereocenters. The highest BCUT2D eigenvalue weighted by Crippen LogP contribution is 2.49. The summed E-state index contributed by atoms with van der Waals surface area (Å²) in [6.45, 7) is 0.811. The number of carbonyl (C=O) groups excluding carboxylic acids is 1. The highest BCUT2D eigenvalue weighted by atomic mass is 16.6. The van der Waals surface area contributed by atoms with Gasteiger partial charge >= 0.3 is 5.97 Å². The van der Waals surface area contributed by atoms with Gasteiger partial charge in [0.2, 0.25) is 0 Å². The number of ether oxygens (including phenoxy) is 2. The van der Waals surface area contributed by atoms with Crippen molar-refractivity contribution < 1.29 is 24.5 Å². The average molecular weight is 347 g/mol. The number of carbonyl (C=O) groups is 1. The van der Waals surface area contributed by atoms with Crippen molar-refractivity contribution in [2.75, 3.05) is 19.8 Å². The molecule has 2 N–H and O–H groups in total. The van der Waals surface area contributed by atoms with Gasteiger partial charge in [-0.25, -0.2) is 0 Å². The number of hydrogen-bond donors (Lipinski definition) is 2. The molecule has 2 bridgehead atoms. The molecule has 0 radical (unpaired) electrons. The van der Waals surface area contributed by atoms with E-state index in [9.17, 15) is 9.90 Å². The van der Waals surface area contributed by atoms with Gasteiger partial charge in [0.05, 0.1) is 6.61 Å². The van der Waals surface area contributed by atoms with E-state index in [1.54, 1.807) is 0 Å². The number of aliphatic hydroxyl groups excluding tert-OH is 2. The van der Waals surface area contributed by atoms with Crippen LogP contribution in [0.3, 0.4) is 0 Å². The van der Waals surface area contributed by atoms with E-state index in [0.717, 1.165) is 31.4 Å². The van der Waals surface area contributed by atoms with E-state index in [1.807, 2.05) is 30.3 Å². The number of morpholine rings is 1. The zero-order valence-electron chi connectivity index (χ0n) is 14.2. The van der Waals surface area contributed by atoms with Crippen molar-refractivity contribution in [1.29, 1.82) is 0 Å². The van der Waals surface area contributed by atoms with E-state index >= 15 is 0 Å². The van der Waals surface area contributed by atoms with E-state index in [2.05, 4.69) is 4.90 Å². The SMILES string of the molecule is O=C(OC1CC2C3OC3C(C1)N2CCCO)C(CO)c1ccccc1. The van der Waals surface area contributed by atoms with Gasteiger partial charge in [-0.1, -0.05) is 30.3 Å². The van der Waals surface area contributed by atoms with Crippen LogP contribution >= 0.6 is 0 Å². The van der Waals surface area contributed by atoms with Crippen LogP contribution in [0.1, 0.15) is 30.7 Å². The quantitative estimate of drug-likeness (QED) is 0.557. The molecule has 3 heterocycles. The lowest BCUT2D eigenvalue weighted by molar-refractivity contribution is -0.157. The largest absolute Gasteiger partial charge is 0.462 e. The zero-order chi connectivity index (χ0) is 17.4. The van der Waals surface area contributed by atoms with E-state index in [0.29, 0.717) is 0 Å². The molecule has 3 fully saturated rings. The van der Waals surface area contributed by atoms with Crippen molar-refractivity contribution in [2.45, 2.75) is 55.6 Å². The molecular formula is C19H25NO5. The highest BCUT2D eigenvalue weighted by Gasteiger charge is 2.63. The van der Waals surface area contributed by atoms with Crippen LogP contribution in [0.25, 0.3) is 0 Å². The standard InChI is InChI=1S/C19H25NO5/c21-8-4-7-20-15-9-13(10-16(20)18-17(15)25-18)24-19(23)14(11-22)12-5-2-1-3-6-12/h1-3,5-6,13-18,21-22H,4,7-11H2. The topological polar surface area (TPSA) is 82.5 Å². The lowest BCUT2D eigenvalue weighted by Crippen LogP contribution is -2.50. The number of fused-ring (bicyclic) bond motifs is 5. The molecule has 0 saturated carbocycles. The first-order valence-electron chi connectivity index (χ1n) is 9.11. The summed E-state index contributed by atoms with van der Waals surface area (Å²) in [5.41, 5.74) is 0.782. The summed E-state index contributed by atoms with van der Waals surface area (Å²) in [5, 5.41) is 18.7. The Balaban J connectivity index is 1.39. The summed E-state index contributed by atoms with van der Waals surface area (Å²) in [6, 6.07) is 9.83. The number of aliphatic hydroxyl groups is 2. The molecule has 0 aromatic heterocycles. The fourth-order valence-electron chi connectivity index (χ4n) is 4.48. The second kappa shape index (κ2) is 7.03. The predicted molar refractivity (Wildman–Crippen MR) is 90.0 cm³/mol. The van der Waals surface area contributed by atoms with Crippen LogP contribution in [-0.4, -0.2) is 71.2 Å². The van der Waals surface area contributed by atoms with Gasteiger partial charge in [0.15, 0.2) is 0 Å². The number of epoxide rings is 1. The summed E-state index contributed by atoms with van der Waals surface area (Å²) in [6.07, 6.45) is 2.69. The van der Waals surface area contributed by atoms with Crippen molar-refractivity contribution in [2.24, 2.45) is 0 Å². The van der Waals surface area contributed by atoms with E-state index in [-0.39, 0.29) is 49.6 Å². The molecule has 5 unspecified atom stereocenters. The van der Waals surface area contributed by atoms with Gasteiger partial charge in [0.1, 0.15) is 24.2 Å². The van der Waals surface area contributed by atoms with E-state index < -0.39 is 5.92 Å². The third-order valence-electron chi connectivity index (χ3n) is 5.71. The van der Waals surface area contributed by atoms with Crippen molar-refractivity contribution in [3.63, 3.8) is 0 Å². The molecule has 3 aliphatic rings. The minimum Gasteiger partial charge on any atom is -0.462 e. The molecule has 0 spiro atoms. The smallest absolute Gasteiger partial charge is 0.316 e. The Morgan fingerprint density at radius 2 is 1.88 bits per heavy atom. The Kier molecular flexibility index (Phi) is 4.78. The van der Waals surface area contributed by atoms with Crippen molar-refractivity contribution in [1.82, 2.24) is 4.90 Å². The molecule has 0 aliphatic carbocycles. The number of benzene rings is 1. The Bertz CT molecular complexity index is 591. The summed E-state index contributed by atoms with van der Waals surface area (Å²) < 4.78 is 11.5. The molecule has 6 nitrogen and oxygen atoms in total. The lowest BCUT2D eigenvalue weighted by Gasteiger charge is -2.40. The average Bonchev–Trinajstić information content (AvgIpc) is 3.38. The van der Waals surface area contributed by atoms with Gasteiger partial charge in [0, 0.05) is 38.1 Å². The van der Waals surface area contributed by atoms with Gasteiger partial charge < -0.3 is 19.7 Å². The van der Waals surface area contributed by atoms with Gasteiger partial charge in [-0.2, -0.15) is 0 Å². The normalized spacial score (nSPS) is 34.4. The second-order valence-corrected chi connectivity index (χ2v) is 7.19. The van der Waals surface area contributed by atoms with Gasteiger partial charge in [-0.05, 0) is 12.0 Å². The molecule has 25 heavy (non-hydrogen) atoms. The van der Waals surface area contributed by atoms with Crippen LogP contribution in [0, 0.1) is 0 Å². The number of hydrogen-bond acceptors (Lipinski definition) is 6. The molecule has 3 aliphatic heterocycles. The zero-order valence-corrected chi connectivity index (χ0v) is 14.2. The molecule has 1 aromatic rings. The molecule has 1 aromatic carbocycles. The minimum atomic E-state index is -0.628. The molecule has 0 amide bonds. The first-order valence-corrected chi connectivity index (χ1v) is 9.11. The maximum Gasteiger partial charge on any atom is 0.316 e. The van der Waals surface area contributed by atoms with Gasteiger partial charge in [0.25, 0.3) is 0 Å². The van der Waals surface area contributed by atoms with Crippen LogP contribution in [0.15, 0.2) is 30.3 Å². The summed E-state index contributed by atoms with van der Waals surface area (Å²) in [5.74, 6) is -0.978. The van der Waals surface area contributed by atoms with Crippen LogP contribution in [0.2, 0.25) is 0 Å². The van der Waals surface area contributed by atoms with E-state index in [1.165, 1.54) is 0 Å². The number of rotatable bonds is 7. The van der Waals surface area contributed by atoms with Crippen LogP contribution in [0.5, 0.6) is 0 Å². The maximum atomic E-state index is 12.6. The Morgan fingerprint density at radius 3 is 2.48 bits per heavy atom. The Hall–Kier alpha value is -1.47. The number of piperidine rings is 1. The maximum absolute atomic E-state index is 12.6. The highest BCUT2D eigenvalue weighted by molar-refractivity contribution is 5.78. The first kappa shape index (κ1) is 17.0. The fourth-order valence-corrected chi connectivity index (χ4v) is 4.48. The summed E-state index contributed by atoms with van der Waals surface area (Å²) in [4.78, 5) is 15.0. The molecule has 4 rings (SSSR count). The predicted octanol–water partition coefficient (Wildman–Crippen LogP) is 0.671. The van der Waals surface area contributed by atoms with Crippen LogP contribution < -0.4 is 0 Å². The molecular weight excluding hydrogens is 322 g/mol. The van der Waals surface area contributed by atoms with Crippen molar-refractivity contribution in [3.8, 4) is 0 Å². The summed E-state index contributed by atoms with van der Waals surface area (Å²) in [7, 11) is 0. The second-order valence-electron chi connectivity index (χ2n) is 7.19. The van der Waals surface area contributed by atoms with Gasteiger partial charge in [-0.15, -0.1) is 0 Å². The van der Waals surface area contributed by atoms with Crippen LogP contribution in [-0.2, 0) is 14.3 Å². The van der Waals surface area contributed by atoms with Crippen molar-refractivity contribution >= 4 is 5.97 Å². The fraction of sp³-hybridized carbons (Fsp3) is 0.632. The monoisotopic (exact) mass is 347 g/mol. The molecule has 6 heteroatoms. The van der Waals surface area contributed by atoms with Crippen molar-refractivity contribution in [3.05, 3.63) is 35.9 Å². The molecule has 136 valence electrons. The van der Waals surface area contributed by atoms with E-state index in [4.69, 9.17) is 14.6 Å². The van der Waals surface area contributed by atoms with Gasteiger partial charge in [-0.3, -0.25) is 9.69 Å².